The normalized spacial score (nSPS) is 23.6. The monoisotopic (exact) mass is 262 g/mol. The van der Waals surface area contributed by atoms with Crippen molar-refractivity contribution < 1.29 is 4.79 Å². The predicted molar refractivity (Wildman–Crippen MR) is 61.4 cm³/mol. The molecular formula is C10H19BrN2O. The molecule has 1 aliphatic heterocycles. The molecule has 0 bridgehead atoms. The van der Waals surface area contributed by atoms with E-state index in [1.54, 1.807) is 0 Å². The summed E-state index contributed by atoms with van der Waals surface area (Å²) in [7, 11) is 0. The first-order valence-corrected chi connectivity index (χ1v) is 6.44. The van der Waals surface area contributed by atoms with Crippen LogP contribution in [0, 0.1) is 5.92 Å². The largest absolute Gasteiger partial charge is 0.369 e. The van der Waals surface area contributed by atoms with Crippen LogP contribution in [0.5, 0.6) is 0 Å². The third-order valence-corrected chi connectivity index (χ3v) is 3.33. The van der Waals surface area contributed by atoms with Crippen molar-refractivity contribution in [3.05, 3.63) is 0 Å². The molecule has 0 aromatic rings. The SMILES string of the molecule is NC(=O)C1CCCN(CCCCBr)C1. The van der Waals surface area contributed by atoms with Crippen LogP contribution in [0.4, 0.5) is 0 Å². The highest BCUT2D eigenvalue weighted by molar-refractivity contribution is 9.09. The lowest BCUT2D eigenvalue weighted by Crippen LogP contribution is -2.41. The predicted octanol–water partition coefficient (Wildman–Crippen LogP) is 1.36. The Hall–Kier alpha value is -0.0900. The summed E-state index contributed by atoms with van der Waals surface area (Å²) in [5.41, 5.74) is 5.31. The minimum absolute atomic E-state index is 0.0905. The van der Waals surface area contributed by atoms with Gasteiger partial charge in [0.05, 0.1) is 5.92 Å². The zero-order valence-corrected chi connectivity index (χ0v) is 10.1. The Morgan fingerprint density at radius 3 is 2.93 bits per heavy atom. The first kappa shape index (κ1) is 12.0. The van der Waals surface area contributed by atoms with Gasteiger partial charge in [0.25, 0.3) is 0 Å². The number of unbranched alkanes of at least 4 members (excludes halogenated alkanes) is 1. The molecule has 1 unspecified atom stereocenters. The van der Waals surface area contributed by atoms with Crippen molar-refractivity contribution in [1.82, 2.24) is 4.90 Å². The molecule has 0 saturated carbocycles. The standard InChI is InChI=1S/C10H19BrN2O/c11-5-1-2-6-13-7-3-4-9(8-13)10(12)14/h9H,1-8H2,(H2,12,14). The van der Waals surface area contributed by atoms with Gasteiger partial charge in [-0.3, -0.25) is 4.79 Å². The lowest BCUT2D eigenvalue weighted by molar-refractivity contribution is -0.123. The number of nitrogens with zero attached hydrogens (tertiary/aromatic N) is 1. The smallest absolute Gasteiger partial charge is 0.221 e. The van der Waals surface area contributed by atoms with Gasteiger partial charge in [0.15, 0.2) is 0 Å². The van der Waals surface area contributed by atoms with Gasteiger partial charge in [-0.1, -0.05) is 15.9 Å². The van der Waals surface area contributed by atoms with Crippen molar-refractivity contribution in [3.8, 4) is 0 Å². The van der Waals surface area contributed by atoms with Gasteiger partial charge in [0, 0.05) is 11.9 Å². The van der Waals surface area contributed by atoms with Gasteiger partial charge in [-0.2, -0.15) is 0 Å². The summed E-state index contributed by atoms with van der Waals surface area (Å²) in [4.78, 5) is 13.4. The third-order valence-electron chi connectivity index (χ3n) is 2.77. The number of carbonyl (C=O) groups is 1. The second-order valence-corrected chi connectivity index (χ2v) is 4.73. The number of primary amides is 1. The fraction of sp³-hybridized carbons (Fsp3) is 0.900. The van der Waals surface area contributed by atoms with Crippen molar-refractivity contribution >= 4 is 21.8 Å². The fourth-order valence-corrected chi connectivity index (χ4v) is 2.32. The average Bonchev–Trinajstić information content (AvgIpc) is 2.19. The molecule has 14 heavy (non-hydrogen) atoms. The molecule has 1 aliphatic rings. The van der Waals surface area contributed by atoms with Crippen molar-refractivity contribution in [3.63, 3.8) is 0 Å². The van der Waals surface area contributed by atoms with Crippen LogP contribution in [0.1, 0.15) is 25.7 Å². The zero-order chi connectivity index (χ0) is 10.4. The number of likely N-dealkylation sites (tertiary alicyclic amines) is 1. The highest BCUT2D eigenvalue weighted by Crippen LogP contribution is 2.16. The summed E-state index contributed by atoms with van der Waals surface area (Å²) in [6.07, 6.45) is 4.50. The number of piperidine rings is 1. The van der Waals surface area contributed by atoms with Gasteiger partial charge in [0.2, 0.25) is 5.91 Å². The summed E-state index contributed by atoms with van der Waals surface area (Å²) in [6.45, 7) is 3.11. The first-order chi connectivity index (χ1) is 6.74. The van der Waals surface area contributed by atoms with E-state index >= 15 is 0 Å². The van der Waals surface area contributed by atoms with Crippen LogP contribution in [0.3, 0.4) is 0 Å². The van der Waals surface area contributed by atoms with Crippen LogP contribution in [0.2, 0.25) is 0 Å². The summed E-state index contributed by atoms with van der Waals surface area (Å²) in [5.74, 6) is -0.0390. The molecule has 1 saturated heterocycles. The highest BCUT2D eigenvalue weighted by atomic mass is 79.9. The van der Waals surface area contributed by atoms with Gasteiger partial charge in [-0.05, 0) is 38.8 Å². The van der Waals surface area contributed by atoms with E-state index < -0.39 is 0 Å². The number of carbonyl (C=O) groups excluding carboxylic acids is 1. The van der Waals surface area contributed by atoms with Crippen LogP contribution >= 0.6 is 15.9 Å². The second-order valence-electron chi connectivity index (χ2n) is 3.94. The minimum atomic E-state index is -0.129. The van der Waals surface area contributed by atoms with E-state index in [0.717, 1.165) is 37.8 Å². The summed E-state index contributed by atoms with van der Waals surface area (Å²) < 4.78 is 0. The maximum absolute atomic E-state index is 11.0. The number of amides is 1. The van der Waals surface area contributed by atoms with Gasteiger partial charge in [0.1, 0.15) is 0 Å². The summed E-state index contributed by atoms with van der Waals surface area (Å²) in [6, 6.07) is 0. The van der Waals surface area contributed by atoms with Crippen molar-refractivity contribution in [2.75, 3.05) is 25.0 Å². The van der Waals surface area contributed by atoms with Crippen LogP contribution < -0.4 is 5.73 Å². The molecule has 3 nitrogen and oxygen atoms in total. The Labute approximate surface area is 94.1 Å². The van der Waals surface area contributed by atoms with Gasteiger partial charge >= 0.3 is 0 Å². The summed E-state index contributed by atoms with van der Waals surface area (Å²) >= 11 is 3.42. The number of rotatable bonds is 5. The first-order valence-electron chi connectivity index (χ1n) is 5.31. The molecule has 1 amide bonds. The maximum Gasteiger partial charge on any atom is 0.221 e. The third kappa shape index (κ3) is 3.96. The van der Waals surface area contributed by atoms with E-state index in [0.29, 0.717) is 0 Å². The number of hydrogen-bond acceptors (Lipinski definition) is 2. The Bertz CT molecular complexity index is 187. The van der Waals surface area contributed by atoms with E-state index in [-0.39, 0.29) is 11.8 Å². The van der Waals surface area contributed by atoms with Crippen molar-refractivity contribution in [2.24, 2.45) is 11.7 Å². The van der Waals surface area contributed by atoms with Crippen LogP contribution in [-0.2, 0) is 4.79 Å². The van der Waals surface area contributed by atoms with E-state index in [4.69, 9.17) is 5.73 Å². The number of alkyl halides is 1. The molecule has 1 heterocycles. The highest BCUT2D eigenvalue weighted by Gasteiger charge is 2.23. The molecule has 1 rings (SSSR count). The molecule has 1 fully saturated rings. The Morgan fingerprint density at radius 2 is 2.29 bits per heavy atom. The van der Waals surface area contributed by atoms with E-state index in [2.05, 4.69) is 20.8 Å². The van der Waals surface area contributed by atoms with Gasteiger partial charge in [-0.15, -0.1) is 0 Å². The van der Waals surface area contributed by atoms with E-state index in [1.165, 1.54) is 12.8 Å². The fourth-order valence-electron chi connectivity index (χ4n) is 1.92. The maximum atomic E-state index is 11.0. The quantitative estimate of drug-likeness (QED) is 0.601. The Balaban J connectivity index is 2.22. The number of halogens is 1. The van der Waals surface area contributed by atoms with E-state index in [9.17, 15) is 4.79 Å². The minimum Gasteiger partial charge on any atom is -0.369 e. The molecule has 4 heteroatoms. The molecule has 2 N–H and O–H groups in total. The zero-order valence-electron chi connectivity index (χ0n) is 8.54. The lowest BCUT2D eigenvalue weighted by Gasteiger charge is -2.30. The van der Waals surface area contributed by atoms with Crippen LogP contribution in [0.15, 0.2) is 0 Å². The van der Waals surface area contributed by atoms with Crippen molar-refractivity contribution in [2.45, 2.75) is 25.7 Å². The molecule has 82 valence electrons. The molecule has 0 spiro atoms. The van der Waals surface area contributed by atoms with E-state index in [1.807, 2.05) is 0 Å². The average molecular weight is 263 g/mol. The molecule has 0 radical (unpaired) electrons. The lowest BCUT2D eigenvalue weighted by atomic mass is 9.97. The van der Waals surface area contributed by atoms with Crippen LogP contribution in [-0.4, -0.2) is 35.8 Å². The molecule has 1 atom stereocenters. The Morgan fingerprint density at radius 1 is 1.50 bits per heavy atom. The van der Waals surface area contributed by atoms with Crippen LogP contribution in [0.25, 0.3) is 0 Å². The molecule has 0 aromatic heterocycles. The molecule has 0 aromatic carbocycles. The second kappa shape index (κ2) is 6.40. The van der Waals surface area contributed by atoms with Gasteiger partial charge < -0.3 is 10.6 Å². The molecular weight excluding hydrogens is 244 g/mol. The molecule has 0 aliphatic carbocycles. The summed E-state index contributed by atoms with van der Waals surface area (Å²) in [5, 5.41) is 1.07. The Kier molecular flexibility index (Phi) is 5.48. The topological polar surface area (TPSA) is 46.3 Å². The van der Waals surface area contributed by atoms with Crippen molar-refractivity contribution in [1.29, 1.82) is 0 Å². The number of nitrogens with two attached hydrogens (primary N) is 1. The number of hydrogen-bond donors (Lipinski definition) is 1. The van der Waals surface area contributed by atoms with Gasteiger partial charge in [-0.25, -0.2) is 0 Å².